The molecule has 4 heteroatoms. The molecule has 0 aliphatic rings. The van der Waals surface area contributed by atoms with Gasteiger partial charge in [0.2, 0.25) is 0 Å². The first kappa shape index (κ1) is 14.0. The molecule has 0 amide bonds. The van der Waals surface area contributed by atoms with Crippen LogP contribution in [0.5, 0.6) is 5.75 Å². The lowest BCUT2D eigenvalue weighted by Gasteiger charge is -2.13. The Balaban J connectivity index is 1.90. The summed E-state index contributed by atoms with van der Waals surface area (Å²) in [7, 11) is 1.68. The average Bonchev–Trinajstić information content (AvgIpc) is 2.93. The molecular formula is C15H20N2OS. The van der Waals surface area contributed by atoms with Crippen molar-refractivity contribution in [2.45, 2.75) is 32.9 Å². The van der Waals surface area contributed by atoms with Crippen LogP contribution in [0.15, 0.2) is 29.6 Å². The zero-order valence-corrected chi connectivity index (χ0v) is 12.5. The largest absolute Gasteiger partial charge is 0.497 e. The number of methoxy groups -OCH3 is 1. The first-order valence-corrected chi connectivity index (χ1v) is 7.41. The van der Waals surface area contributed by atoms with E-state index >= 15 is 0 Å². The van der Waals surface area contributed by atoms with Crippen LogP contribution in [-0.4, -0.2) is 12.1 Å². The van der Waals surface area contributed by atoms with Gasteiger partial charge in [-0.15, -0.1) is 11.3 Å². The summed E-state index contributed by atoms with van der Waals surface area (Å²) in [5.74, 6) is 0.892. The minimum atomic E-state index is 0.303. The second-order valence-electron chi connectivity index (χ2n) is 4.46. The van der Waals surface area contributed by atoms with Crippen molar-refractivity contribution in [1.29, 1.82) is 0 Å². The molecule has 0 fully saturated rings. The Morgan fingerprint density at radius 3 is 2.63 bits per heavy atom. The van der Waals surface area contributed by atoms with Crippen LogP contribution in [0.3, 0.4) is 0 Å². The Morgan fingerprint density at radius 1 is 1.32 bits per heavy atom. The van der Waals surface area contributed by atoms with Crippen molar-refractivity contribution in [3.63, 3.8) is 0 Å². The smallest absolute Gasteiger partial charge is 0.118 e. The van der Waals surface area contributed by atoms with Crippen LogP contribution in [-0.2, 0) is 13.0 Å². The number of rotatable bonds is 6. The van der Waals surface area contributed by atoms with Crippen LogP contribution >= 0.6 is 11.3 Å². The van der Waals surface area contributed by atoms with Crippen molar-refractivity contribution >= 4 is 11.3 Å². The number of aryl methyl sites for hydroxylation is 1. The molecule has 1 aromatic heterocycles. The van der Waals surface area contributed by atoms with Gasteiger partial charge in [-0.25, -0.2) is 4.98 Å². The van der Waals surface area contributed by atoms with Crippen LogP contribution in [0, 0.1) is 0 Å². The Labute approximate surface area is 118 Å². The second kappa shape index (κ2) is 6.68. The maximum atomic E-state index is 5.16. The Hall–Kier alpha value is -1.39. The SMILES string of the molecule is CCc1nc(CN[C@H](C)c2ccc(OC)cc2)cs1. The van der Waals surface area contributed by atoms with Crippen molar-refractivity contribution in [2.75, 3.05) is 7.11 Å². The van der Waals surface area contributed by atoms with Gasteiger partial charge in [0, 0.05) is 18.0 Å². The van der Waals surface area contributed by atoms with Crippen LogP contribution < -0.4 is 10.1 Å². The number of hydrogen-bond donors (Lipinski definition) is 1. The highest BCUT2D eigenvalue weighted by molar-refractivity contribution is 7.09. The lowest BCUT2D eigenvalue weighted by molar-refractivity contribution is 0.414. The van der Waals surface area contributed by atoms with E-state index in [4.69, 9.17) is 4.74 Å². The number of nitrogens with zero attached hydrogens (tertiary/aromatic N) is 1. The Morgan fingerprint density at radius 2 is 2.05 bits per heavy atom. The molecule has 0 radical (unpaired) electrons. The molecule has 1 N–H and O–H groups in total. The topological polar surface area (TPSA) is 34.2 Å². The molecule has 1 heterocycles. The number of hydrogen-bond acceptors (Lipinski definition) is 4. The van der Waals surface area contributed by atoms with E-state index in [0.717, 1.165) is 24.4 Å². The number of benzene rings is 1. The monoisotopic (exact) mass is 276 g/mol. The van der Waals surface area contributed by atoms with Gasteiger partial charge in [-0.2, -0.15) is 0 Å². The molecular weight excluding hydrogens is 256 g/mol. The van der Waals surface area contributed by atoms with Gasteiger partial charge in [-0.05, 0) is 31.0 Å². The average molecular weight is 276 g/mol. The molecule has 0 saturated carbocycles. The van der Waals surface area contributed by atoms with Crippen LogP contribution in [0.2, 0.25) is 0 Å². The second-order valence-corrected chi connectivity index (χ2v) is 5.40. The zero-order chi connectivity index (χ0) is 13.7. The maximum Gasteiger partial charge on any atom is 0.118 e. The van der Waals surface area contributed by atoms with E-state index in [9.17, 15) is 0 Å². The minimum absolute atomic E-state index is 0.303. The summed E-state index contributed by atoms with van der Waals surface area (Å²) in [6.07, 6.45) is 1.01. The highest BCUT2D eigenvalue weighted by atomic mass is 32.1. The fourth-order valence-corrected chi connectivity index (χ4v) is 2.61. The van der Waals surface area contributed by atoms with Gasteiger partial charge in [0.25, 0.3) is 0 Å². The Kier molecular flexibility index (Phi) is 4.93. The van der Waals surface area contributed by atoms with E-state index in [-0.39, 0.29) is 0 Å². The van der Waals surface area contributed by atoms with Gasteiger partial charge in [0.05, 0.1) is 17.8 Å². The fourth-order valence-electron chi connectivity index (χ4n) is 1.86. The molecule has 1 aromatic carbocycles. The molecule has 3 nitrogen and oxygen atoms in total. The van der Waals surface area contributed by atoms with Crippen LogP contribution in [0.25, 0.3) is 0 Å². The number of aromatic nitrogens is 1. The predicted molar refractivity (Wildman–Crippen MR) is 79.7 cm³/mol. The summed E-state index contributed by atoms with van der Waals surface area (Å²) in [6, 6.07) is 8.47. The summed E-state index contributed by atoms with van der Waals surface area (Å²) >= 11 is 1.73. The first-order chi connectivity index (χ1) is 9.22. The molecule has 2 aromatic rings. The summed E-state index contributed by atoms with van der Waals surface area (Å²) in [5.41, 5.74) is 2.38. The number of nitrogens with one attached hydrogen (secondary N) is 1. The van der Waals surface area contributed by atoms with Crippen molar-refractivity contribution in [3.8, 4) is 5.75 Å². The number of thiazole rings is 1. The van der Waals surface area contributed by atoms with Crippen LogP contribution in [0.4, 0.5) is 0 Å². The molecule has 0 aliphatic heterocycles. The molecule has 0 spiro atoms. The molecule has 19 heavy (non-hydrogen) atoms. The highest BCUT2D eigenvalue weighted by Crippen LogP contribution is 2.18. The lowest BCUT2D eigenvalue weighted by Crippen LogP contribution is -2.18. The molecule has 0 aliphatic carbocycles. The third-order valence-electron chi connectivity index (χ3n) is 3.11. The predicted octanol–water partition coefficient (Wildman–Crippen LogP) is 3.56. The van der Waals surface area contributed by atoms with Gasteiger partial charge in [0.15, 0.2) is 0 Å². The third-order valence-corrected chi connectivity index (χ3v) is 4.15. The minimum Gasteiger partial charge on any atom is -0.497 e. The third kappa shape index (κ3) is 3.78. The molecule has 2 rings (SSSR count). The van der Waals surface area contributed by atoms with Crippen molar-refractivity contribution < 1.29 is 4.74 Å². The zero-order valence-electron chi connectivity index (χ0n) is 11.6. The van der Waals surface area contributed by atoms with Gasteiger partial charge in [-0.3, -0.25) is 0 Å². The van der Waals surface area contributed by atoms with E-state index < -0.39 is 0 Å². The van der Waals surface area contributed by atoms with Crippen molar-refractivity contribution in [3.05, 3.63) is 45.9 Å². The van der Waals surface area contributed by atoms with E-state index in [1.165, 1.54) is 10.6 Å². The maximum absolute atomic E-state index is 5.16. The molecule has 0 unspecified atom stereocenters. The molecule has 0 bridgehead atoms. The Bertz CT molecular complexity index is 507. The van der Waals surface area contributed by atoms with E-state index in [2.05, 4.69) is 41.7 Å². The highest BCUT2D eigenvalue weighted by Gasteiger charge is 2.06. The standard InChI is InChI=1S/C15H20N2OS/c1-4-15-17-13(10-19-15)9-16-11(2)12-5-7-14(18-3)8-6-12/h5-8,10-11,16H,4,9H2,1-3H3/t11-/m1/s1. The van der Waals surface area contributed by atoms with Gasteiger partial charge in [-0.1, -0.05) is 19.1 Å². The van der Waals surface area contributed by atoms with Crippen molar-refractivity contribution in [2.24, 2.45) is 0 Å². The van der Waals surface area contributed by atoms with Gasteiger partial charge >= 0.3 is 0 Å². The lowest BCUT2D eigenvalue weighted by atomic mass is 10.1. The van der Waals surface area contributed by atoms with Crippen molar-refractivity contribution in [1.82, 2.24) is 10.3 Å². The van der Waals surface area contributed by atoms with E-state index in [0.29, 0.717) is 6.04 Å². The van der Waals surface area contributed by atoms with E-state index in [1.807, 2.05) is 12.1 Å². The fraction of sp³-hybridized carbons (Fsp3) is 0.400. The molecule has 0 saturated heterocycles. The summed E-state index contributed by atoms with van der Waals surface area (Å²) < 4.78 is 5.16. The van der Waals surface area contributed by atoms with E-state index in [1.54, 1.807) is 18.4 Å². The first-order valence-electron chi connectivity index (χ1n) is 6.53. The quantitative estimate of drug-likeness (QED) is 0.876. The summed E-state index contributed by atoms with van der Waals surface area (Å²) in [5, 5.41) is 6.83. The normalized spacial score (nSPS) is 12.4. The van der Waals surface area contributed by atoms with Gasteiger partial charge < -0.3 is 10.1 Å². The number of ether oxygens (including phenoxy) is 1. The van der Waals surface area contributed by atoms with Gasteiger partial charge in [0.1, 0.15) is 5.75 Å². The summed E-state index contributed by atoms with van der Waals surface area (Å²) in [6.45, 7) is 5.11. The summed E-state index contributed by atoms with van der Waals surface area (Å²) in [4.78, 5) is 4.56. The van der Waals surface area contributed by atoms with Crippen LogP contribution in [0.1, 0.15) is 36.2 Å². The molecule has 1 atom stereocenters. The molecule has 102 valence electrons.